The summed E-state index contributed by atoms with van der Waals surface area (Å²) in [6, 6.07) is 0. The summed E-state index contributed by atoms with van der Waals surface area (Å²) in [4.78, 5) is -3.60. The molecule has 0 aromatic carbocycles. The first kappa shape index (κ1) is 7.79. The molecule has 0 aliphatic rings. The lowest BCUT2D eigenvalue weighted by molar-refractivity contribution is 0.128. The van der Waals surface area contributed by atoms with E-state index in [1.165, 1.54) is 5.73 Å². The topological polar surface area (TPSA) is 0 Å². The van der Waals surface area contributed by atoms with Gasteiger partial charge in [-0.1, -0.05) is 12.3 Å². The second-order valence-corrected chi connectivity index (χ2v) is 1.98. The minimum absolute atomic E-state index is 1.41. The molecule has 4 heteroatoms. The summed E-state index contributed by atoms with van der Waals surface area (Å²) in [6.45, 7) is 2.68. The largest absolute Gasteiger partial charge is 0.359 e. The number of alkyl halides is 3. The third kappa shape index (κ3) is 2.19. The van der Waals surface area contributed by atoms with Crippen LogP contribution in [0.15, 0.2) is 18.1 Å². The lowest BCUT2D eigenvalue weighted by Gasteiger charge is -1.99. The summed E-state index contributed by atoms with van der Waals surface area (Å²) in [6.07, 6.45) is 0. The van der Waals surface area contributed by atoms with Crippen molar-refractivity contribution in [1.29, 1.82) is 0 Å². The first-order valence-electron chi connectivity index (χ1n) is 1.61. The fourth-order valence-electron chi connectivity index (χ4n) is 0.100. The fourth-order valence-corrected chi connectivity index (χ4v) is 0.240. The number of hydrogen-bond acceptors (Lipinski definition) is 0. The van der Waals surface area contributed by atoms with Crippen LogP contribution in [-0.4, -0.2) is 4.83 Å². The zero-order valence-corrected chi connectivity index (χ0v) is 5.30. The Labute approximate surface area is 52.8 Å². The van der Waals surface area contributed by atoms with Crippen LogP contribution < -0.4 is 0 Å². The molecule has 46 valence electrons. The summed E-state index contributed by atoms with van der Waals surface area (Å²) in [5, 5.41) is 0. The predicted molar refractivity (Wildman–Crippen MR) is 27.6 cm³/mol. The smallest absolute Gasteiger partial charge is 0.195 e. The average Bonchev–Trinajstić information content (AvgIpc) is 1.62. The number of rotatable bonds is 1. The van der Waals surface area contributed by atoms with E-state index in [-0.39, 0.29) is 0 Å². The Morgan fingerprint density at radius 3 is 2.00 bits per heavy atom. The Hall–Kier alpha value is -0.210. The lowest BCUT2D eigenvalue weighted by Crippen LogP contribution is -2.03. The van der Waals surface area contributed by atoms with Crippen LogP contribution >= 0.6 is 15.9 Å². The molecule has 0 heterocycles. The minimum Gasteiger partial charge on any atom is -0.195 e. The highest BCUT2D eigenvalue weighted by molar-refractivity contribution is 9.10. The van der Waals surface area contributed by atoms with E-state index in [4.69, 9.17) is 0 Å². The number of hydrogen-bond donors (Lipinski definition) is 0. The van der Waals surface area contributed by atoms with Gasteiger partial charge in [0.1, 0.15) is 0 Å². The molecule has 0 unspecified atom stereocenters. The monoisotopic (exact) mass is 186 g/mol. The van der Waals surface area contributed by atoms with Gasteiger partial charge in [-0.2, -0.15) is 13.2 Å². The molecule has 0 amide bonds. The molecular weight excluding hydrogens is 185 g/mol. The van der Waals surface area contributed by atoms with Crippen molar-refractivity contribution >= 4 is 15.9 Å². The van der Waals surface area contributed by atoms with E-state index in [0.29, 0.717) is 0 Å². The van der Waals surface area contributed by atoms with Gasteiger partial charge in [0.15, 0.2) is 0 Å². The zero-order valence-electron chi connectivity index (χ0n) is 3.72. The molecule has 0 aromatic heterocycles. The standard InChI is InChI=1S/C4H2BrF3/c1-2-3(6)4(5,7)8/h1H2. The molecule has 0 N–H and O–H groups in total. The van der Waals surface area contributed by atoms with Gasteiger partial charge < -0.3 is 0 Å². The zero-order chi connectivity index (χ0) is 6.78. The van der Waals surface area contributed by atoms with Crippen molar-refractivity contribution in [2.24, 2.45) is 0 Å². The molecule has 8 heavy (non-hydrogen) atoms. The summed E-state index contributed by atoms with van der Waals surface area (Å²) in [7, 11) is 0. The molecule has 0 radical (unpaired) electrons. The molecule has 0 saturated carbocycles. The first-order valence-corrected chi connectivity index (χ1v) is 2.40. The molecule has 0 aliphatic carbocycles. The number of allylic oxidation sites excluding steroid dienone is 1. The van der Waals surface area contributed by atoms with Crippen LogP contribution in [0.5, 0.6) is 0 Å². The molecule has 0 rings (SSSR count). The van der Waals surface area contributed by atoms with E-state index in [1.807, 2.05) is 0 Å². The maximum absolute atomic E-state index is 11.6. The Morgan fingerprint density at radius 2 is 2.00 bits per heavy atom. The average molecular weight is 187 g/mol. The molecular formula is C4H2BrF3. The van der Waals surface area contributed by atoms with Crippen molar-refractivity contribution < 1.29 is 13.2 Å². The molecule has 0 aromatic rings. The van der Waals surface area contributed by atoms with Crippen LogP contribution in [0.4, 0.5) is 13.2 Å². The van der Waals surface area contributed by atoms with Crippen molar-refractivity contribution in [2.75, 3.05) is 0 Å². The molecule has 0 aliphatic heterocycles. The molecule has 0 saturated heterocycles. The van der Waals surface area contributed by atoms with E-state index in [2.05, 4.69) is 6.58 Å². The first-order chi connectivity index (χ1) is 3.48. The quantitative estimate of drug-likeness (QED) is 0.437. The van der Waals surface area contributed by atoms with Gasteiger partial charge in [-0.15, -0.1) is 0 Å². The summed E-state index contributed by atoms with van der Waals surface area (Å²) in [5.41, 5.74) is 1.41. The van der Waals surface area contributed by atoms with Gasteiger partial charge >= 0.3 is 4.83 Å². The van der Waals surface area contributed by atoms with E-state index in [9.17, 15) is 13.2 Å². The van der Waals surface area contributed by atoms with E-state index in [0.717, 1.165) is 0 Å². The van der Waals surface area contributed by atoms with Gasteiger partial charge in [0.2, 0.25) is 5.83 Å². The van der Waals surface area contributed by atoms with Crippen molar-refractivity contribution in [3.63, 3.8) is 0 Å². The van der Waals surface area contributed by atoms with Gasteiger partial charge in [-0.25, -0.2) is 0 Å². The van der Waals surface area contributed by atoms with Gasteiger partial charge in [0.05, 0.1) is 0 Å². The SMILES string of the molecule is C=C=C(F)C(F)(F)Br. The predicted octanol–water partition coefficient (Wildman–Crippen LogP) is 2.61. The summed E-state index contributed by atoms with van der Waals surface area (Å²) < 4.78 is 34.6. The molecule has 0 bridgehead atoms. The maximum atomic E-state index is 11.6. The Balaban J connectivity index is 4.26. The summed E-state index contributed by atoms with van der Waals surface area (Å²) >= 11 is 1.76. The number of halogens is 4. The van der Waals surface area contributed by atoms with Gasteiger partial charge in [0.25, 0.3) is 0 Å². The van der Waals surface area contributed by atoms with Crippen molar-refractivity contribution in [2.45, 2.75) is 4.83 Å². The fraction of sp³-hybridized carbons (Fsp3) is 0.250. The van der Waals surface area contributed by atoms with Crippen LogP contribution in [-0.2, 0) is 0 Å². The van der Waals surface area contributed by atoms with Gasteiger partial charge in [-0.3, -0.25) is 0 Å². The van der Waals surface area contributed by atoms with Crippen molar-refractivity contribution in [1.82, 2.24) is 0 Å². The van der Waals surface area contributed by atoms with E-state index < -0.39 is 10.7 Å². The van der Waals surface area contributed by atoms with E-state index >= 15 is 0 Å². The second-order valence-electron chi connectivity index (χ2n) is 0.989. The Bertz CT molecular complexity index is 129. The van der Waals surface area contributed by atoms with E-state index in [1.54, 1.807) is 15.9 Å². The van der Waals surface area contributed by atoms with Crippen LogP contribution in [0.1, 0.15) is 0 Å². The van der Waals surface area contributed by atoms with Gasteiger partial charge in [-0.05, 0) is 15.9 Å². The molecule has 0 nitrogen and oxygen atoms in total. The Kier molecular flexibility index (Phi) is 2.31. The molecule has 0 spiro atoms. The van der Waals surface area contributed by atoms with Crippen molar-refractivity contribution in [3.8, 4) is 0 Å². The second kappa shape index (κ2) is 2.37. The van der Waals surface area contributed by atoms with Crippen molar-refractivity contribution in [3.05, 3.63) is 18.1 Å². The third-order valence-electron chi connectivity index (χ3n) is 0.404. The minimum atomic E-state index is -3.60. The highest BCUT2D eigenvalue weighted by Crippen LogP contribution is 2.30. The van der Waals surface area contributed by atoms with Crippen LogP contribution in [0.2, 0.25) is 0 Å². The highest BCUT2D eigenvalue weighted by Gasteiger charge is 2.30. The Morgan fingerprint density at radius 1 is 1.62 bits per heavy atom. The summed E-state index contributed by atoms with van der Waals surface area (Å²) in [5.74, 6) is -1.70. The van der Waals surface area contributed by atoms with Crippen LogP contribution in [0.25, 0.3) is 0 Å². The van der Waals surface area contributed by atoms with Gasteiger partial charge in [0, 0.05) is 0 Å². The highest BCUT2D eigenvalue weighted by atomic mass is 79.9. The maximum Gasteiger partial charge on any atom is 0.359 e. The van der Waals surface area contributed by atoms with Crippen LogP contribution in [0.3, 0.4) is 0 Å². The molecule has 0 atom stereocenters. The third-order valence-corrected chi connectivity index (χ3v) is 0.752. The normalized spacial score (nSPS) is 10.5. The lowest BCUT2D eigenvalue weighted by atomic mass is 10.6. The van der Waals surface area contributed by atoms with Crippen LogP contribution in [0, 0.1) is 0 Å². The molecule has 0 fully saturated rings.